The zero-order chi connectivity index (χ0) is 22.1. The van der Waals surface area contributed by atoms with Crippen LogP contribution in [0.25, 0.3) is 0 Å². The molecule has 2 heterocycles. The van der Waals surface area contributed by atoms with E-state index in [4.69, 9.17) is 27.9 Å². The molecule has 0 amide bonds. The number of halogens is 3. The molecule has 4 N–H and O–H groups in total. The van der Waals surface area contributed by atoms with Crippen LogP contribution >= 0.6 is 11.6 Å². The van der Waals surface area contributed by atoms with Gasteiger partial charge in [-0.15, -0.1) is 0 Å². The average molecular weight is 441 g/mol. The molecule has 10 heteroatoms. The minimum Gasteiger partial charge on any atom is -0.463 e. The largest absolute Gasteiger partial charge is 0.463 e. The highest BCUT2D eigenvalue weighted by Crippen LogP contribution is 2.37. The Balaban J connectivity index is 1.95. The van der Waals surface area contributed by atoms with Gasteiger partial charge in [-0.05, 0) is 17.0 Å². The number of anilines is 3. The molecular weight excluding hydrogens is 414 g/mol. The maximum atomic E-state index is 13.8. The van der Waals surface area contributed by atoms with E-state index in [-0.39, 0.29) is 48.3 Å². The summed E-state index contributed by atoms with van der Waals surface area (Å²) in [5.74, 6) is 3.83. The van der Waals surface area contributed by atoms with Crippen molar-refractivity contribution in [2.75, 3.05) is 35.3 Å². The monoisotopic (exact) mass is 440 g/mol. The van der Waals surface area contributed by atoms with E-state index in [0.717, 1.165) is 5.56 Å². The minimum absolute atomic E-state index is 0.0361. The van der Waals surface area contributed by atoms with Crippen LogP contribution in [0.5, 0.6) is 6.01 Å². The third kappa shape index (κ3) is 5.40. The summed E-state index contributed by atoms with van der Waals surface area (Å²) >= 11 is 6.23. The zero-order valence-corrected chi connectivity index (χ0v) is 18.1. The third-order valence-corrected chi connectivity index (χ3v) is 4.93. The molecule has 1 aromatic heterocycles. The molecule has 7 nitrogen and oxygen atoms in total. The van der Waals surface area contributed by atoms with E-state index in [2.05, 4.69) is 9.97 Å². The van der Waals surface area contributed by atoms with Gasteiger partial charge in [0.15, 0.2) is 11.6 Å². The number of hydrogen-bond donors (Lipinski definition) is 2. The number of ether oxygens (including phenoxy) is 1. The molecule has 0 radical (unpaired) electrons. The fourth-order valence-electron chi connectivity index (χ4n) is 3.03. The smallest absolute Gasteiger partial charge is 0.320 e. The Morgan fingerprint density at radius 2 is 1.97 bits per heavy atom. The number of benzene rings is 1. The molecule has 3 rings (SSSR count). The summed E-state index contributed by atoms with van der Waals surface area (Å²) < 4.78 is 33.3. The van der Waals surface area contributed by atoms with Crippen molar-refractivity contribution in [1.29, 1.82) is 0 Å². The number of hydrogen-bond acceptors (Lipinski definition) is 7. The van der Waals surface area contributed by atoms with Crippen molar-refractivity contribution in [2.24, 2.45) is 11.3 Å². The first-order valence-electron chi connectivity index (χ1n) is 9.64. The molecule has 1 saturated heterocycles. The van der Waals surface area contributed by atoms with Crippen molar-refractivity contribution in [3.63, 3.8) is 0 Å². The summed E-state index contributed by atoms with van der Waals surface area (Å²) in [7, 11) is 0. The van der Waals surface area contributed by atoms with E-state index in [1.807, 2.05) is 39.0 Å². The van der Waals surface area contributed by atoms with Crippen LogP contribution in [0.3, 0.4) is 0 Å². The summed E-state index contributed by atoms with van der Waals surface area (Å²) in [4.78, 5) is 10.1. The summed E-state index contributed by atoms with van der Waals surface area (Å²) in [6.07, 6.45) is -0.268. The molecule has 1 aromatic carbocycles. The standard InChI is InChI=1S/C20H27ClF2N6O/c1-19(2,3)12-30-18-26-16(28-9-8-20(22,23)11-28)15(24)17(27-18)29(25)10-13-6-4-5-7-14(13)21/h4-7H,8-12,24-25H2,1-3H3. The predicted octanol–water partition coefficient (Wildman–Crippen LogP) is 3.86. The van der Waals surface area contributed by atoms with Crippen LogP contribution in [0, 0.1) is 5.41 Å². The van der Waals surface area contributed by atoms with Crippen molar-refractivity contribution in [3.05, 3.63) is 34.9 Å². The molecule has 0 unspecified atom stereocenters. The lowest BCUT2D eigenvalue weighted by Gasteiger charge is -2.26. The second-order valence-electron chi connectivity index (χ2n) is 8.66. The van der Waals surface area contributed by atoms with Gasteiger partial charge in [-0.1, -0.05) is 50.6 Å². The van der Waals surface area contributed by atoms with Gasteiger partial charge in [0.2, 0.25) is 0 Å². The molecule has 2 aromatic rings. The highest BCUT2D eigenvalue weighted by molar-refractivity contribution is 6.31. The molecule has 1 aliphatic heterocycles. The molecule has 30 heavy (non-hydrogen) atoms. The first-order chi connectivity index (χ1) is 14.0. The molecule has 0 spiro atoms. The topological polar surface area (TPSA) is 93.5 Å². The minimum atomic E-state index is -2.80. The number of aromatic nitrogens is 2. The van der Waals surface area contributed by atoms with Crippen LogP contribution in [0.4, 0.5) is 26.1 Å². The van der Waals surface area contributed by atoms with Crippen LogP contribution in [-0.2, 0) is 6.54 Å². The van der Waals surface area contributed by atoms with E-state index in [0.29, 0.717) is 11.6 Å². The fourth-order valence-corrected chi connectivity index (χ4v) is 3.23. The normalized spacial score (nSPS) is 16.0. The van der Waals surface area contributed by atoms with Gasteiger partial charge in [0, 0.05) is 18.0 Å². The third-order valence-electron chi connectivity index (χ3n) is 4.56. The van der Waals surface area contributed by atoms with Crippen molar-refractivity contribution in [1.82, 2.24) is 9.97 Å². The lowest BCUT2D eigenvalue weighted by Crippen LogP contribution is -2.34. The summed E-state index contributed by atoms with van der Waals surface area (Å²) in [5, 5.41) is 1.86. The Labute approximate surface area is 179 Å². The Bertz CT molecular complexity index is 905. The number of nitrogens with zero attached hydrogens (tertiary/aromatic N) is 4. The molecule has 0 bridgehead atoms. The Hall–Kier alpha value is -2.39. The Kier molecular flexibility index (Phi) is 6.24. The van der Waals surface area contributed by atoms with Crippen LogP contribution < -0.4 is 26.2 Å². The van der Waals surface area contributed by atoms with Crippen molar-refractivity contribution < 1.29 is 13.5 Å². The van der Waals surface area contributed by atoms with Gasteiger partial charge in [0.05, 0.1) is 19.7 Å². The number of alkyl halides is 2. The Morgan fingerprint density at radius 1 is 1.27 bits per heavy atom. The van der Waals surface area contributed by atoms with E-state index in [1.165, 1.54) is 9.91 Å². The molecule has 0 atom stereocenters. The van der Waals surface area contributed by atoms with Gasteiger partial charge >= 0.3 is 6.01 Å². The lowest BCUT2D eigenvalue weighted by molar-refractivity contribution is 0.0256. The van der Waals surface area contributed by atoms with E-state index < -0.39 is 12.5 Å². The van der Waals surface area contributed by atoms with Crippen molar-refractivity contribution >= 4 is 28.9 Å². The average Bonchev–Trinajstić information content (AvgIpc) is 3.01. The second kappa shape index (κ2) is 8.39. The van der Waals surface area contributed by atoms with Crippen LogP contribution in [0.2, 0.25) is 5.02 Å². The molecular formula is C20H27ClF2N6O. The molecule has 0 aliphatic carbocycles. The van der Waals surface area contributed by atoms with Crippen LogP contribution in [0.15, 0.2) is 24.3 Å². The lowest BCUT2D eigenvalue weighted by atomic mass is 9.99. The van der Waals surface area contributed by atoms with Crippen LogP contribution in [-0.4, -0.2) is 35.6 Å². The molecule has 1 fully saturated rings. The second-order valence-corrected chi connectivity index (χ2v) is 9.07. The summed E-state index contributed by atoms with van der Waals surface area (Å²) in [5.41, 5.74) is 7.01. The van der Waals surface area contributed by atoms with E-state index >= 15 is 0 Å². The van der Waals surface area contributed by atoms with Gasteiger partial charge in [-0.2, -0.15) is 9.97 Å². The zero-order valence-electron chi connectivity index (χ0n) is 17.3. The number of rotatable bonds is 6. The molecule has 164 valence electrons. The first-order valence-corrected chi connectivity index (χ1v) is 10.0. The van der Waals surface area contributed by atoms with Crippen molar-refractivity contribution in [2.45, 2.75) is 39.7 Å². The number of nitrogens with two attached hydrogens (primary N) is 2. The van der Waals surface area contributed by atoms with E-state index in [1.54, 1.807) is 6.07 Å². The van der Waals surface area contributed by atoms with Gasteiger partial charge < -0.3 is 15.4 Å². The highest BCUT2D eigenvalue weighted by atomic mass is 35.5. The quantitative estimate of drug-likeness (QED) is 0.520. The fraction of sp³-hybridized carbons (Fsp3) is 0.500. The van der Waals surface area contributed by atoms with Gasteiger partial charge in [0.25, 0.3) is 5.92 Å². The predicted molar refractivity (Wildman–Crippen MR) is 115 cm³/mol. The molecule has 0 saturated carbocycles. The molecule has 1 aliphatic rings. The van der Waals surface area contributed by atoms with Crippen molar-refractivity contribution in [3.8, 4) is 6.01 Å². The van der Waals surface area contributed by atoms with Gasteiger partial charge in [-0.25, -0.2) is 14.6 Å². The van der Waals surface area contributed by atoms with Gasteiger partial charge in [-0.3, -0.25) is 5.01 Å². The number of hydrazine groups is 1. The summed E-state index contributed by atoms with van der Waals surface area (Å²) in [6, 6.07) is 7.28. The number of nitrogen functional groups attached to an aromatic ring is 1. The van der Waals surface area contributed by atoms with Crippen LogP contribution in [0.1, 0.15) is 32.8 Å². The highest BCUT2D eigenvalue weighted by Gasteiger charge is 2.40. The Morgan fingerprint density at radius 3 is 2.57 bits per heavy atom. The van der Waals surface area contributed by atoms with E-state index in [9.17, 15) is 8.78 Å². The summed E-state index contributed by atoms with van der Waals surface area (Å²) in [6.45, 7) is 6.21. The SMILES string of the molecule is CC(C)(C)COc1nc(N(N)Cc2ccccc2Cl)c(N)c(N2CCC(F)(F)C2)n1. The maximum Gasteiger partial charge on any atom is 0.320 e. The van der Waals surface area contributed by atoms with Gasteiger partial charge in [0.1, 0.15) is 5.69 Å². The maximum absolute atomic E-state index is 13.8. The first kappa shape index (κ1) is 22.3.